The summed E-state index contributed by atoms with van der Waals surface area (Å²) >= 11 is 0. The van der Waals surface area contributed by atoms with Gasteiger partial charge < -0.3 is 70.0 Å². The Labute approximate surface area is 779 Å². The molecule has 8 aromatic carbocycles. The number of hydrogen-bond donors (Lipinski definition) is 2. The van der Waals surface area contributed by atoms with Gasteiger partial charge in [0.15, 0.2) is 5.78 Å². The Balaban J connectivity index is 0.000000251. The largest absolute Gasteiger partial charge is 2.00 e. The molecule has 4 fully saturated rings. The third-order valence-corrected chi connectivity index (χ3v) is 27.6. The van der Waals surface area contributed by atoms with E-state index in [0.29, 0.717) is 44.8 Å². The van der Waals surface area contributed by atoms with Crippen LogP contribution < -0.4 is 22.3 Å². The maximum atomic E-state index is 13.0. The maximum Gasteiger partial charge on any atom is 2.00 e. The summed E-state index contributed by atoms with van der Waals surface area (Å²) in [6, 6.07) is 66.9. The molecule has 2 N–H and O–H groups in total. The van der Waals surface area contributed by atoms with Gasteiger partial charge in [-0.2, -0.15) is 30.3 Å². The Hall–Kier alpha value is -10.2. The number of methoxy groups -OCH3 is 6. The van der Waals surface area contributed by atoms with Crippen LogP contribution in [0.5, 0.6) is 0 Å². The Bertz CT molecular complexity index is 5040. The van der Waals surface area contributed by atoms with Crippen LogP contribution in [0.15, 0.2) is 220 Å². The zero-order valence-electron chi connectivity index (χ0n) is 76.1. The number of ether oxygens (including phenoxy) is 9. The monoisotopic (exact) mass is 1850 g/mol. The number of halogens is 1. The Kier molecular flexibility index (Phi) is 40.6. The first kappa shape index (κ1) is 106. The minimum atomic E-state index is -1.38. The molecule has 0 bridgehead atoms. The van der Waals surface area contributed by atoms with Crippen molar-refractivity contribution in [3.8, 4) is 44.5 Å². The predicted molar refractivity (Wildman–Crippen MR) is 507 cm³/mol. The van der Waals surface area contributed by atoms with Crippen LogP contribution in [0, 0.1) is 6.07 Å². The second-order valence-corrected chi connectivity index (χ2v) is 51.6. The molecule has 4 heterocycles. The van der Waals surface area contributed by atoms with Crippen LogP contribution in [0.4, 0.5) is 14.4 Å². The fourth-order valence-electron chi connectivity index (χ4n) is 15.1. The van der Waals surface area contributed by atoms with Gasteiger partial charge in [0.25, 0.3) is 0 Å². The molecule has 12 rings (SSSR count). The molecular weight excluding hydrogens is 1730 g/mol. The number of carbonyl (C=O) groups excluding carboxylic acids is 8. The number of rotatable bonds is 26. The molecule has 0 unspecified atom stereocenters. The summed E-state index contributed by atoms with van der Waals surface area (Å²) in [6.45, 7) is 36.9. The molecule has 672 valence electrons. The summed E-state index contributed by atoms with van der Waals surface area (Å²) in [6.07, 6.45) is 6.57. The van der Waals surface area contributed by atoms with Crippen LogP contribution in [0.3, 0.4) is 0 Å². The summed E-state index contributed by atoms with van der Waals surface area (Å²) in [7, 11) is 4.53. The number of nitrogens with zero attached hydrogens (tertiary/aromatic N) is 3. The first-order chi connectivity index (χ1) is 59.5. The minimum Gasteiger partial charge on any atom is -1.00 e. The van der Waals surface area contributed by atoms with Gasteiger partial charge in [-0.15, -0.1) is 5.56 Å². The van der Waals surface area contributed by atoms with E-state index in [2.05, 4.69) is 168 Å². The second kappa shape index (κ2) is 48.8. The van der Waals surface area contributed by atoms with Crippen LogP contribution in [0.25, 0.3) is 68.8 Å². The van der Waals surface area contributed by atoms with E-state index in [4.69, 9.17) is 37.9 Å². The van der Waals surface area contributed by atoms with Gasteiger partial charge in [-0.3, -0.25) is 24.3 Å². The van der Waals surface area contributed by atoms with Crippen molar-refractivity contribution in [1.29, 1.82) is 0 Å². The summed E-state index contributed by atoms with van der Waals surface area (Å²) in [5, 5.41) is 14.6. The average Bonchev–Trinajstić information content (AvgIpc) is 1.61. The van der Waals surface area contributed by atoms with Crippen LogP contribution in [-0.2, 0) is 83.4 Å². The van der Waals surface area contributed by atoms with Crippen molar-refractivity contribution in [2.75, 3.05) is 88.7 Å². The van der Waals surface area contributed by atoms with Gasteiger partial charge in [-0.1, -0.05) is 279 Å². The first-order valence-electron chi connectivity index (χ1n) is 41.9. The van der Waals surface area contributed by atoms with Gasteiger partial charge in [0.05, 0.1) is 67.9 Å². The number of carbonyl (C=O) groups is 8. The van der Waals surface area contributed by atoms with Crippen molar-refractivity contribution >= 4 is 120 Å². The van der Waals surface area contributed by atoms with Crippen molar-refractivity contribution in [2.24, 2.45) is 0 Å². The number of benzene rings is 8. The Morgan fingerprint density at radius 1 is 0.425 bits per heavy atom. The number of aliphatic hydroxyl groups is 1. The Morgan fingerprint density at radius 3 is 1.10 bits per heavy atom. The molecule has 0 aromatic heterocycles. The van der Waals surface area contributed by atoms with E-state index < -0.39 is 95.3 Å². The Morgan fingerprint density at radius 2 is 0.748 bits per heavy atom. The SMILES string of the molecule is C=Cc1ccccc1-c1cc[c-]cc1.C=Cc1ccccc1-c1ccc([C@@]2(OC)CN[C@H](C(=O)OC)C2)cc1.C=Cc1ccccc1-c1ccc([C@]2(O)C[C@@H](C(=O)OC)N(C(=O)OCC[Si](C)(C)C)C2)cc1.C=Cc1ccccc1-c1ccc([C@]2(OC)C[C@@H](C(=O)OC)N(C(=O)OCC[Si](C)(C)C)C2)cc1.COC(=O)[C@@H]1CC(=O)CN1C(=O)OCC[Si](C)(C)C.[Br-].[Mg+2]. The zero-order valence-corrected chi connectivity index (χ0v) is 82.1. The van der Waals surface area contributed by atoms with Crippen LogP contribution in [0.2, 0.25) is 77.1 Å². The van der Waals surface area contributed by atoms with Gasteiger partial charge in [0, 0.05) is 70.7 Å². The molecular formula is C100H123BrMgN4O18Si3. The normalized spacial score (nSPS) is 19.1. The van der Waals surface area contributed by atoms with Crippen molar-refractivity contribution in [1.82, 2.24) is 20.0 Å². The molecule has 4 aliphatic heterocycles. The predicted octanol–water partition coefficient (Wildman–Crippen LogP) is 15.5. The van der Waals surface area contributed by atoms with Gasteiger partial charge in [0.1, 0.15) is 41.0 Å². The molecule has 8 aromatic rings. The molecule has 27 heteroatoms. The maximum absolute atomic E-state index is 13.0. The summed E-state index contributed by atoms with van der Waals surface area (Å²) < 4.78 is 47.3. The minimum absolute atomic E-state index is 0. The number of β-amino-alcohol motifs (C(OH)–C–C–N with tert-alkyl or cyclic N) is 1. The molecule has 4 saturated heterocycles. The molecule has 3 amide bonds. The summed E-state index contributed by atoms with van der Waals surface area (Å²) in [5.74, 6) is -2.02. The third kappa shape index (κ3) is 28.9. The summed E-state index contributed by atoms with van der Waals surface area (Å²) in [4.78, 5) is 101. The quantitative estimate of drug-likeness (QED) is 0.0221. The fourth-order valence-corrected chi connectivity index (χ4v) is 17.2. The smallest absolute Gasteiger partial charge is 1.00 e. The van der Waals surface area contributed by atoms with Crippen molar-refractivity contribution in [3.63, 3.8) is 0 Å². The number of Topliss-reactive ketones (excluding diaryl/α,β-unsaturated/α-hetero) is 1. The number of nitrogens with one attached hydrogen (secondary N) is 1. The molecule has 127 heavy (non-hydrogen) atoms. The number of esters is 4. The number of amides is 3. The van der Waals surface area contributed by atoms with Crippen molar-refractivity contribution in [2.45, 2.75) is 144 Å². The molecule has 7 atom stereocenters. The van der Waals surface area contributed by atoms with E-state index in [9.17, 15) is 43.5 Å². The number of ketones is 1. The molecule has 0 radical (unpaired) electrons. The standard InChI is InChI=1S/C27H35NO5Si.C26H33NO5Si.C21H23NO3.C14H11.C12H21NO5Si.BrH.Mg/c1-7-20-10-8-9-11-23(20)21-12-14-22(15-13-21)27(32-3)18-24(25(29)31-2)28(19-27)26(30)33-16-17-34(4,5)6;1-6-19-9-7-8-10-22(19)20-11-13-21(14-12-20)26(30)17-23(24(28)31-2)27(18-26)25(29)32-15-16-33(3,4)5;1-4-15-7-5-6-8-18(15)16-9-11-17(12-10-16)21(25-3)13-19(22-14-21)20(23)24-2;1-2-12-8-6-7-11-14(12)13-9-4-3-5-10-13;1-17-11(15)10-7-9(14)8-13(10)12(16)18-5-6-19(2,3)4;;/h7-15,24H,1,16-19H2,2-6H3;6-14,23,30H,1,15-18H2,2-5H3;4-12,19,22H,1,13-14H2,2-3H3;2,4-11H,1H2;10H,5-8H2,1-4H3;1H;/q;;;-1;;;+2/p-1/t24-,27-;23-,26-;19-,21-;;10-;;/m000.0../s1. The van der Waals surface area contributed by atoms with Crippen LogP contribution in [0.1, 0.15) is 64.6 Å². The van der Waals surface area contributed by atoms with Gasteiger partial charge in [-0.25, -0.2) is 28.8 Å². The number of likely N-dealkylation sites (tertiary alicyclic amines) is 3. The molecule has 22 nitrogen and oxygen atoms in total. The van der Waals surface area contributed by atoms with E-state index in [1.807, 2.05) is 146 Å². The molecule has 4 aliphatic rings. The van der Waals surface area contributed by atoms with Gasteiger partial charge >= 0.3 is 65.2 Å². The fraction of sp³-hybridized carbons (Fsp3) is 0.360. The van der Waals surface area contributed by atoms with E-state index in [1.54, 1.807) is 20.3 Å². The average molecular weight is 1860 g/mol. The molecule has 0 aliphatic carbocycles. The zero-order chi connectivity index (χ0) is 91.5. The molecule has 0 spiro atoms. The van der Waals surface area contributed by atoms with Gasteiger partial charge in [0.2, 0.25) is 0 Å². The van der Waals surface area contributed by atoms with E-state index >= 15 is 0 Å². The second-order valence-electron chi connectivity index (χ2n) is 34.7. The topological polar surface area (TPSA) is 262 Å². The van der Waals surface area contributed by atoms with Crippen LogP contribution >= 0.6 is 0 Å². The van der Waals surface area contributed by atoms with E-state index in [-0.39, 0.29) is 90.3 Å². The first-order valence-corrected chi connectivity index (χ1v) is 53.0. The van der Waals surface area contributed by atoms with Crippen LogP contribution in [-0.4, -0.2) is 228 Å². The third-order valence-electron chi connectivity index (χ3n) is 22.5. The summed E-state index contributed by atoms with van der Waals surface area (Å²) in [5.41, 5.74) is 13.0. The van der Waals surface area contributed by atoms with Crippen molar-refractivity contribution in [3.05, 3.63) is 265 Å². The van der Waals surface area contributed by atoms with Gasteiger partial charge in [-0.05, 0) is 96.0 Å². The van der Waals surface area contributed by atoms with Crippen molar-refractivity contribution < 1.29 is 103 Å². The van der Waals surface area contributed by atoms with E-state index in [0.717, 1.165) is 84.2 Å². The van der Waals surface area contributed by atoms with E-state index in [1.165, 1.54) is 54.9 Å². The molecule has 0 saturated carbocycles. The number of hydrogen-bond acceptors (Lipinski definition) is 19.